The van der Waals surface area contributed by atoms with Crippen molar-refractivity contribution >= 4 is 23.3 Å². The number of rotatable bonds is 6. The fourth-order valence-corrected chi connectivity index (χ4v) is 3.95. The number of nitrogens with zero attached hydrogens (tertiary/aromatic N) is 2. The molecule has 8 heteroatoms. The number of aliphatic hydroxyl groups excluding tert-OH is 1. The Hall–Kier alpha value is -4.07. The Bertz CT molecular complexity index is 1240. The van der Waals surface area contributed by atoms with Crippen molar-refractivity contribution in [2.24, 2.45) is 0 Å². The van der Waals surface area contributed by atoms with E-state index in [1.54, 1.807) is 62.6 Å². The van der Waals surface area contributed by atoms with E-state index in [2.05, 4.69) is 5.16 Å². The number of hydrogen-bond acceptors (Lipinski definition) is 7. The molecule has 0 spiro atoms. The van der Waals surface area contributed by atoms with E-state index in [1.807, 2.05) is 13.8 Å². The van der Waals surface area contributed by atoms with E-state index in [0.717, 1.165) is 5.56 Å². The monoisotopic (exact) mass is 448 g/mol. The first-order chi connectivity index (χ1) is 15.8. The number of methoxy groups -OCH3 is 1. The zero-order valence-electron chi connectivity index (χ0n) is 18.8. The van der Waals surface area contributed by atoms with Gasteiger partial charge in [-0.1, -0.05) is 17.3 Å². The molecule has 0 bridgehead atoms. The summed E-state index contributed by atoms with van der Waals surface area (Å²) in [6.07, 6.45) is 0. The fraction of sp³-hybridized carbons (Fsp3) is 0.240. The molecule has 1 fully saturated rings. The highest BCUT2D eigenvalue weighted by Crippen LogP contribution is 2.42. The average Bonchev–Trinajstić information content (AvgIpc) is 3.34. The van der Waals surface area contributed by atoms with Gasteiger partial charge in [-0.25, -0.2) is 0 Å². The van der Waals surface area contributed by atoms with Gasteiger partial charge in [0.1, 0.15) is 23.0 Å². The van der Waals surface area contributed by atoms with Crippen molar-refractivity contribution in [1.82, 2.24) is 5.16 Å². The molecule has 1 aromatic heterocycles. The van der Waals surface area contributed by atoms with Gasteiger partial charge in [0.25, 0.3) is 5.78 Å². The molecule has 3 aromatic rings. The van der Waals surface area contributed by atoms with E-state index in [-0.39, 0.29) is 17.2 Å². The highest BCUT2D eigenvalue weighted by Gasteiger charge is 2.48. The molecule has 1 atom stereocenters. The predicted molar refractivity (Wildman–Crippen MR) is 121 cm³/mol. The summed E-state index contributed by atoms with van der Waals surface area (Å²) in [4.78, 5) is 27.5. The number of ketones is 1. The van der Waals surface area contributed by atoms with E-state index in [0.29, 0.717) is 35.0 Å². The first-order valence-electron chi connectivity index (χ1n) is 10.5. The van der Waals surface area contributed by atoms with Crippen molar-refractivity contribution < 1.29 is 28.7 Å². The lowest BCUT2D eigenvalue weighted by molar-refractivity contribution is -0.132. The number of ether oxygens (including phenoxy) is 2. The first kappa shape index (κ1) is 22.1. The van der Waals surface area contributed by atoms with Crippen molar-refractivity contribution in [1.29, 1.82) is 0 Å². The van der Waals surface area contributed by atoms with Crippen LogP contribution in [0.15, 0.2) is 58.6 Å². The van der Waals surface area contributed by atoms with E-state index in [9.17, 15) is 14.7 Å². The number of aryl methyl sites for hydroxylation is 2. The molecule has 2 heterocycles. The molecule has 0 radical (unpaired) electrons. The number of aromatic nitrogens is 1. The van der Waals surface area contributed by atoms with Gasteiger partial charge < -0.3 is 19.1 Å². The number of aliphatic hydroxyl groups is 1. The molecule has 0 saturated carbocycles. The van der Waals surface area contributed by atoms with Gasteiger partial charge in [-0.3, -0.25) is 14.5 Å². The Morgan fingerprint density at radius 3 is 2.42 bits per heavy atom. The van der Waals surface area contributed by atoms with Crippen molar-refractivity contribution in [2.45, 2.75) is 26.8 Å². The standard InChI is InChI=1S/C25H24N2O6/c1-5-32-18-9-6-16(7-10-18)22-21(23(28)17-8-11-19(31-4)14(2)12-17)24(29)25(30)27(22)20-13-15(3)33-26-20/h6-13,22,28H,5H2,1-4H3/b23-21+. The number of anilines is 1. The number of benzene rings is 2. The van der Waals surface area contributed by atoms with Crippen LogP contribution in [0.5, 0.6) is 11.5 Å². The lowest BCUT2D eigenvalue weighted by Crippen LogP contribution is -2.29. The van der Waals surface area contributed by atoms with Crippen LogP contribution in [0.2, 0.25) is 0 Å². The Kier molecular flexibility index (Phi) is 5.91. The lowest BCUT2D eigenvalue weighted by atomic mass is 9.94. The fourth-order valence-electron chi connectivity index (χ4n) is 3.95. The van der Waals surface area contributed by atoms with E-state index < -0.39 is 17.7 Å². The third-order valence-electron chi connectivity index (χ3n) is 5.48. The van der Waals surface area contributed by atoms with Crippen molar-refractivity contribution in [2.75, 3.05) is 18.6 Å². The molecule has 2 aromatic carbocycles. The minimum Gasteiger partial charge on any atom is -0.507 e. The van der Waals surface area contributed by atoms with E-state index in [4.69, 9.17) is 14.0 Å². The van der Waals surface area contributed by atoms with Gasteiger partial charge in [-0.05, 0) is 62.2 Å². The van der Waals surface area contributed by atoms with Crippen LogP contribution >= 0.6 is 0 Å². The van der Waals surface area contributed by atoms with Gasteiger partial charge in [0.05, 0.1) is 25.3 Å². The zero-order valence-corrected chi connectivity index (χ0v) is 18.8. The first-order valence-corrected chi connectivity index (χ1v) is 10.5. The minimum atomic E-state index is -0.896. The summed E-state index contributed by atoms with van der Waals surface area (Å²) in [7, 11) is 1.55. The molecular formula is C25H24N2O6. The van der Waals surface area contributed by atoms with Gasteiger partial charge in [0.15, 0.2) is 5.82 Å². The summed E-state index contributed by atoms with van der Waals surface area (Å²) in [5.41, 5.74) is 1.76. The number of carbonyl (C=O) groups excluding carboxylic acids is 2. The Labute approximate surface area is 191 Å². The van der Waals surface area contributed by atoms with Gasteiger partial charge in [0.2, 0.25) is 0 Å². The molecule has 1 aliphatic heterocycles. The maximum atomic E-state index is 13.2. The minimum absolute atomic E-state index is 0.0330. The van der Waals surface area contributed by atoms with Crippen molar-refractivity contribution in [3.05, 3.63) is 76.6 Å². The number of amides is 1. The van der Waals surface area contributed by atoms with Gasteiger partial charge in [-0.2, -0.15) is 0 Å². The number of carbonyl (C=O) groups is 2. The highest BCUT2D eigenvalue weighted by atomic mass is 16.5. The van der Waals surface area contributed by atoms with Crippen LogP contribution in [-0.4, -0.2) is 35.7 Å². The summed E-state index contributed by atoms with van der Waals surface area (Å²) in [6.45, 7) is 5.91. The Balaban J connectivity index is 1.89. The van der Waals surface area contributed by atoms with Crippen LogP contribution in [0.25, 0.3) is 5.76 Å². The van der Waals surface area contributed by atoms with Crippen LogP contribution in [0.4, 0.5) is 5.82 Å². The number of hydrogen-bond donors (Lipinski definition) is 1. The van der Waals surface area contributed by atoms with Crippen LogP contribution in [-0.2, 0) is 9.59 Å². The number of Topliss-reactive ketones (excluding diaryl/α,β-unsaturated/α-hetero) is 1. The summed E-state index contributed by atoms with van der Waals surface area (Å²) in [5, 5.41) is 15.1. The van der Waals surface area contributed by atoms with Gasteiger partial charge in [-0.15, -0.1) is 0 Å². The van der Waals surface area contributed by atoms with Crippen molar-refractivity contribution in [3.8, 4) is 11.5 Å². The average molecular weight is 448 g/mol. The van der Waals surface area contributed by atoms with Crippen LogP contribution in [0, 0.1) is 13.8 Å². The Morgan fingerprint density at radius 1 is 1.12 bits per heavy atom. The quantitative estimate of drug-likeness (QED) is 0.340. The third-order valence-corrected chi connectivity index (χ3v) is 5.48. The molecule has 33 heavy (non-hydrogen) atoms. The van der Waals surface area contributed by atoms with Crippen LogP contribution in [0.3, 0.4) is 0 Å². The molecular weight excluding hydrogens is 424 g/mol. The molecule has 1 saturated heterocycles. The molecule has 0 aliphatic carbocycles. The third kappa shape index (κ3) is 3.95. The smallest absolute Gasteiger partial charge is 0.301 e. The molecule has 4 rings (SSSR count). The highest BCUT2D eigenvalue weighted by molar-refractivity contribution is 6.51. The second kappa shape index (κ2) is 8.82. The maximum Gasteiger partial charge on any atom is 0.301 e. The van der Waals surface area contributed by atoms with E-state index >= 15 is 0 Å². The van der Waals surface area contributed by atoms with Crippen molar-refractivity contribution in [3.63, 3.8) is 0 Å². The largest absolute Gasteiger partial charge is 0.507 e. The van der Waals surface area contributed by atoms with E-state index in [1.165, 1.54) is 4.90 Å². The lowest BCUT2D eigenvalue weighted by Gasteiger charge is -2.23. The zero-order chi connectivity index (χ0) is 23.7. The maximum absolute atomic E-state index is 13.2. The molecule has 1 amide bonds. The second-order valence-corrected chi connectivity index (χ2v) is 7.65. The van der Waals surface area contributed by atoms with Crippen LogP contribution in [0.1, 0.15) is 35.4 Å². The summed E-state index contributed by atoms with van der Waals surface area (Å²) in [6, 6.07) is 12.8. The normalized spacial score (nSPS) is 17.5. The summed E-state index contributed by atoms with van der Waals surface area (Å²) >= 11 is 0. The Morgan fingerprint density at radius 2 is 1.85 bits per heavy atom. The second-order valence-electron chi connectivity index (χ2n) is 7.65. The molecule has 170 valence electrons. The molecule has 1 N–H and O–H groups in total. The summed E-state index contributed by atoms with van der Waals surface area (Å²) < 4.78 is 15.9. The summed E-state index contributed by atoms with van der Waals surface area (Å²) in [5.74, 6) is 0.103. The van der Waals surface area contributed by atoms with Crippen LogP contribution < -0.4 is 14.4 Å². The molecule has 1 aliphatic rings. The molecule has 8 nitrogen and oxygen atoms in total. The van der Waals surface area contributed by atoms with Gasteiger partial charge in [0, 0.05) is 11.6 Å². The molecule has 1 unspecified atom stereocenters. The topological polar surface area (TPSA) is 102 Å². The predicted octanol–water partition coefficient (Wildman–Crippen LogP) is 4.33. The SMILES string of the molecule is CCOc1ccc(C2/C(=C(\O)c3ccc(OC)c(C)c3)C(=O)C(=O)N2c2cc(C)on2)cc1. The van der Waals surface area contributed by atoms with Gasteiger partial charge >= 0.3 is 5.91 Å².